The number of anilines is 1. The molecule has 0 radical (unpaired) electrons. The number of carboxylic acids is 1. The van der Waals surface area contributed by atoms with Crippen molar-refractivity contribution in [3.63, 3.8) is 0 Å². The van der Waals surface area contributed by atoms with Crippen LogP contribution in [0.1, 0.15) is 32.1 Å². The van der Waals surface area contributed by atoms with Gasteiger partial charge in [0.1, 0.15) is 11.1 Å². The monoisotopic (exact) mass is 384 g/mol. The molecule has 0 aromatic carbocycles. The number of carboxylic acid groups (broad SMARTS) is 1. The van der Waals surface area contributed by atoms with E-state index in [-0.39, 0.29) is 23.1 Å². The van der Waals surface area contributed by atoms with Gasteiger partial charge in [0.25, 0.3) is 5.56 Å². The third kappa shape index (κ3) is 4.27. The van der Waals surface area contributed by atoms with E-state index in [1.54, 1.807) is 0 Å². The number of rotatable bonds is 4. The molecular formula is C16H21ClN4O5. The highest BCUT2D eigenvalue weighted by Gasteiger charge is 2.30. The van der Waals surface area contributed by atoms with E-state index in [2.05, 4.69) is 15.5 Å². The van der Waals surface area contributed by atoms with Gasteiger partial charge in [-0.05, 0) is 25.7 Å². The SMILES string of the molecule is O=C(N[C@H]1CC[C@H](C(=O)O)CC1)OC1CCN(c2cn[nH]c(=O)c2Cl)C1. The summed E-state index contributed by atoms with van der Waals surface area (Å²) in [4.78, 5) is 36.4. The van der Waals surface area contributed by atoms with Crippen LogP contribution in [0, 0.1) is 5.92 Å². The minimum absolute atomic E-state index is 0.0538. The summed E-state index contributed by atoms with van der Waals surface area (Å²) in [7, 11) is 0. The average molecular weight is 385 g/mol. The number of aromatic nitrogens is 2. The Morgan fingerprint density at radius 3 is 2.73 bits per heavy atom. The van der Waals surface area contributed by atoms with Crippen molar-refractivity contribution in [2.24, 2.45) is 5.92 Å². The van der Waals surface area contributed by atoms with E-state index >= 15 is 0 Å². The van der Waals surface area contributed by atoms with Crippen LogP contribution in [0.3, 0.4) is 0 Å². The van der Waals surface area contributed by atoms with E-state index in [4.69, 9.17) is 21.4 Å². The summed E-state index contributed by atoms with van der Waals surface area (Å²) in [5.74, 6) is -1.09. The lowest BCUT2D eigenvalue weighted by Crippen LogP contribution is -2.40. The van der Waals surface area contributed by atoms with E-state index in [1.165, 1.54) is 6.20 Å². The van der Waals surface area contributed by atoms with E-state index in [0.717, 1.165) is 0 Å². The minimum Gasteiger partial charge on any atom is -0.481 e. The first-order valence-electron chi connectivity index (χ1n) is 8.62. The van der Waals surface area contributed by atoms with Crippen molar-refractivity contribution in [2.45, 2.75) is 44.2 Å². The Hall–Kier alpha value is -2.29. The summed E-state index contributed by atoms with van der Waals surface area (Å²) in [5.41, 5.74) is 0.0668. The molecule has 2 aliphatic rings. The maximum Gasteiger partial charge on any atom is 0.407 e. The number of nitrogens with zero attached hydrogens (tertiary/aromatic N) is 2. The van der Waals surface area contributed by atoms with Gasteiger partial charge in [0, 0.05) is 19.0 Å². The molecule has 142 valence electrons. The van der Waals surface area contributed by atoms with Gasteiger partial charge in [0.2, 0.25) is 0 Å². The lowest BCUT2D eigenvalue weighted by atomic mass is 9.86. The van der Waals surface area contributed by atoms with Crippen LogP contribution in [0.25, 0.3) is 0 Å². The van der Waals surface area contributed by atoms with E-state index in [9.17, 15) is 14.4 Å². The molecule has 1 saturated heterocycles. The minimum atomic E-state index is -0.773. The van der Waals surface area contributed by atoms with Gasteiger partial charge in [-0.1, -0.05) is 11.6 Å². The standard InChI is InChI=1S/C16H21ClN4O5/c17-13-12(7-18-20-14(13)22)21-6-5-11(8-21)26-16(25)19-10-3-1-9(2-4-10)15(23)24/h7,9-11H,1-6,8H2,(H,19,25)(H,20,22)(H,23,24)/t9-,10-,11?. The Bertz CT molecular complexity index is 732. The zero-order valence-electron chi connectivity index (χ0n) is 14.1. The van der Waals surface area contributed by atoms with Crippen molar-refractivity contribution in [3.8, 4) is 0 Å². The fraction of sp³-hybridized carbons (Fsp3) is 0.625. The summed E-state index contributed by atoms with van der Waals surface area (Å²) >= 11 is 6.00. The number of ether oxygens (including phenoxy) is 1. The van der Waals surface area contributed by atoms with Crippen LogP contribution in [-0.4, -0.2) is 52.6 Å². The number of hydrogen-bond donors (Lipinski definition) is 3. The van der Waals surface area contributed by atoms with Gasteiger partial charge in [-0.2, -0.15) is 5.10 Å². The molecule has 2 heterocycles. The first-order valence-corrected chi connectivity index (χ1v) is 9.00. The number of alkyl carbamates (subject to hydrolysis) is 1. The number of aromatic amines is 1. The van der Waals surface area contributed by atoms with Crippen molar-refractivity contribution < 1.29 is 19.4 Å². The topological polar surface area (TPSA) is 125 Å². The summed E-state index contributed by atoms with van der Waals surface area (Å²) in [6.45, 7) is 1.04. The highest BCUT2D eigenvalue weighted by Crippen LogP contribution is 2.27. The van der Waals surface area contributed by atoms with Crippen molar-refractivity contribution >= 4 is 29.4 Å². The van der Waals surface area contributed by atoms with E-state index in [0.29, 0.717) is 50.9 Å². The maximum absolute atomic E-state index is 12.1. The van der Waals surface area contributed by atoms with Gasteiger partial charge in [0.05, 0.1) is 24.3 Å². The first kappa shape index (κ1) is 18.5. The van der Waals surface area contributed by atoms with Crippen molar-refractivity contribution in [2.75, 3.05) is 18.0 Å². The fourth-order valence-electron chi connectivity index (χ4n) is 3.47. The van der Waals surface area contributed by atoms with Crippen LogP contribution in [0.2, 0.25) is 5.02 Å². The van der Waals surface area contributed by atoms with Gasteiger partial charge >= 0.3 is 12.1 Å². The molecule has 2 fully saturated rings. The Balaban J connectivity index is 1.47. The highest BCUT2D eigenvalue weighted by atomic mass is 35.5. The van der Waals surface area contributed by atoms with Gasteiger partial charge < -0.3 is 20.1 Å². The molecule has 1 aromatic rings. The van der Waals surface area contributed by atoms with E-state index < -0.39 is 17.6 Å². The van der Waals surface area contributed by atoms with Crippen molar-refractivity contribution in [1.82, 2.24) is 15.5 Å². The van der Waals surface area contributed by atoms with Crippen LogP contribution in [-0.2, 0) is 9.53 Å². The third-order valence-corrected chi connectivity index (χ3v) is 5.30. The van der Waals surface area contributed by atoms with Crippen LogP contribution in [0.5, 0.6) is 0 Å². The van der Waals surface area contributed by atoms with Crippen LogP contribution >= 0.6 is 11.6 Å². The highest BCUT2D eigenvalue weighted by molar-refractivity contribution is 6.33. The number of hydrogen-bond acceptors (Lipinski definition) is 6. The lowest BCUT2D eigenvalue weighted by molar-refractivity contribution is -0.142. The van der Waals surface area contributed by atoms with Gasteiger partial charge in [-0.15, -0.1) is 0 Å². The molecule has 1 saturated carbocycles. The number of halogens is 1. The van der Waals surface area contributed by atoms with Gasteiger partial charge in [-0.25, -0.2) is 9.89 Å². The quantitative estimate of drug-likeness (QED) is 0.715. The number of carbonyl (C=O) groups is 2. The molecule has 3 N–H and O–H groups in total. The van der Waals surface area contributed by atoms with Crippen molar-refractivity contribution in [3.05, 3.63) is 21.6 Å². The molecule has 9 nitrogen and oxygen atoms in total. The van der Waals surface area contributed by atoms with Gasteiger partial charge in [0.15, 0.2) is 0 Å². The van der Waals surface area contributed by atoms with E-state index in [1.807, 2.05) is 4.90 Å². The number of H-pyrrole nitrogens is 1. The second-order valence-electron chi connectivity index (χ2n) is 6.69. The smallest absolute Gasteiger partial charge is 0.407 e. The maximum atomic E-state index is 12.1. The lowest BCUT2D eigenvalue weighted by Gasteiger charge is -2.27. The molecule has 26 heavy (non-hydrogen) atoms. The van der Waals surface area contributed by atoms with Crippen LogP contribution < -0.4 is 15.8 Å². The zero-order chi connectivity index (χ0) is 18.7. The molecule has 1 aliphatic heterocycles. The van der Waals surface area contributed by atoms with Gasteiger partial charge in [-0.3, -0.25) is 9.59 Å². The summed E-state index contributed by atoms with van der Waals surface area (Å²) < 4.78 is 5.45. The normalized spacial score (nSPS) is 25.7. The molecule has 0 spiro atoms. The number of amides is 1. The molecule has 1 aromatic heterocycles. The number of aliphatic carboxylic acids is 1. The molecular weight excluding hydrogens is 364 g/mol. The first-order chi connectivity index (χ1) is 12.4. The molecule has 0 bridgehead atoms. The zero-order valence-corrected chi connectivity index (χ0v) is 14.9. The largest absolute Gasteiger partial charge is 0.481 e. The second kappa shape index (κ2) is 7.94. The number of nitrogens with one attached hydrogen (secondary N) is 2. The summed E-state index contributed by atoms with van der Waals surface area (Å²) in [6.07, 6.45) is 3.70. The molecule has 1 aliphatic carbocycles. The molecule has 1 unspecified atom stereocenters. The Morgan fingerprint density at radius 2 is 2.04 bits per heavy atom. The predicted molar refractivity (Wildman–Crippen MR) is 93.5 cm³/mol. The van der Waals surface area contributed by atoms with Crippen molar-refractivity contribution in [1.29, 1.82) is 0 Å². The Labute approximate surface area is 154 Å². The third-order valence-electron chi connectivity index (χ3n) is 4.93. The van der Waals surface area contributed by atoms with Crippen LogP contribution in [0.4, 0.5) is 10.5 Å². The Morgan fingerprint density at radius 1 is 1.31 bits per heavy atom. The molecule has 10 heteroatoms. The predicted octanol–water partition coefficient (Wildman–Crippen LogP) is 1.37. The molecule has 3 rings (SSSR count). The second-order valence-corrected chi connectivity index (χ2v) is 7.07. The summed E-state index contributed by atoms with van der Waals surface area (Å²) in [5, 5.41) is 17.9. The average Bonchev–Trinajstić information content (AvgIpc) is 3.05. The Kier molecular flexibility index (Phi) is 5.65. The van der Waals surface area contributed by atoms with Crippen LogP contribution in [0.15, 0.2) is 11.0 Å². The molecule has 1 atom stereocenters. The number of carbonyl (C=O) groups excluding carboxylic acids is 1. The fourth-order valence-corrected chi connectivity index (χ4v) is 3.69. The molecule has 1 amide bonds. The summed E-state index contributed by atoms with van der Waals surface area (Å²) in [6, 6.07) is -0.0538.